The van der Waals surface area contributed by atoms with Gasteiger partial charge in [0.2, 0.25) is 0 Å². The van der Waals surface area contributed by atoms with E-state index in [2.05, 4.69) is 5.32 Å². The lowest BCUT2D eigenvalue weighted by Crippen LogP contribution is -2.46. The molecule has 1 aliphatic rings. The normalized spacial score (nSPS) is 17.4. The fourth-order valence-electron chi connectivity index (χ4n) is 2.25. The Morgan fingerprint density at radius 3 is 2.27 bits per heavy atom. The van der Waals surface area contributed by atoms with Crippen molar-refractivity contribution < 1.29 is 29.0 Å². The number of hydrogen-bond donors (Lipinski definition) is 2. The first-order chi connectivity index (χ1) is 10.2. The van der Waals surface area contributed by atoms with Gasteiger partial charge in [0.15, 0.2) is 0 Å². The summed E-state index contributed by atoms with van der Waals surface area (Å²) in [7, 11) is 0. The number of hydrogen-bond acceptors (Lipinski definition) is 5. The maximum absolute atomic E-state index is 12.1. The van der Waals surface area contributed by atoms with E-state index in [4.69, 9.17) is 14.6 Å². The highest BCUT2D eigenvalue weighted by Crippen LogP contribution is 2.21. The molecule has 1 amide bonds. The zero-order valence-electron chi connectivity index (χ0n) is 13.4. The van der Waals surface area contributed by atoms with E-state index in [1.54, 1.807) is 20.8 Å². The van der Waals surface area contributed by atoms with Crippen molar-refractivity contribution in [3.8, 4) is 0 Å². The van der Waals surface area contributed by atoms with Gasteiger partial charge in [-0.2, -0.15) is 0 Å². The van der Waals surface area contributed by atoms with Crippen LogP contribution in [0.4, 0.5) is 4.79 Å². The number of esters is 1. The number of aliphatic carboxylic acids is 1. The molecule has 0 saturated heterocycles. The Kier molecular flexibility index (Phi) is 6.64. The van der Waals surface area contributed by atoms with Crippen molar-refractivity contribution >= 4 is 18.0 Å². The molecule has 2 N–H and O–H groups in total. The molecule has 0 aromatic rings. The molecule has 1 atom stereocenters. The van der Waals surface area contributed by atoms with Gasteiger partial charge in [-0.05, 0) is 46.5 Å². The lowest BCUT2D eigenvalue weighted by atomic mass is 9.98. The second-order valence-corrected chi connectivity index (χ2v) is 6.49. The highest BCUT2D eigenvalue weighted by molar-refractivity contribution is 5.85. The Hall–Kier alpha value is -1.79. The largest absolute Gasteiger partial charge is 0.481 e. The van der Waals surface area contributed by atoms with Crippen molar-refractivity contribution in [3.63, 3.8) is 0 Å². The van der Waals surface area contributed by atoms with E-state index in [9.17, 15) is 14.4 Å². The summed E-state index contributed by atoms with van der Waals surface area (Å²) in [6.07, 6.45) is 3.07. The van der Waals surface area contributed by atoms with Crippen LogP contribution in [0.3, 0.4) is 0 Å². The van der Waals surface area contributed by atoms with Crippen LogP contribution in [0.5, 0.6) is 0 Å². The number of carboxylic acid groups (broad SMARTS) is 1. The van der Waals surface area contributed by atoms with E-state index >= 15 is 0 Å². The van der Waals surface area contributed by atoms with E-state index < -0.39 is 36.1 Å². The molecule has 0 aliphatic heterocycles. The summed E-state index contributed by atoms with van der Waals surface area (Å²) < 4.78 is 10.4. The number of carbonyl (C=O) groups excluding carboxylic acids is 2. The molecular formula is C15H25NO6. The molecule has 7 nitrogen and oxygen atoms in total. The first kappa shape index (κ1) is 18.3. The number of alkyl carbamates (subject to hydrolysis) is 1. The summed E-state index contributed by atoms with van der Waals surface area (Å²) in [6, 6.07) is -1.24. The average Bonchev–Trinajstić information content (AvgIpc) is 2.36. The van der Waals surface area contributed by atoms with Crippen LogP contribution >= 0.6 is 0 Å². The fourth-order valence-corrected chi connectivity index (χ4v) is 2.25. The monoisotopic (exact) mass is 315 g/mol. The molecule has 1 aliphatic carbocycles. The molecule has 1 rings (SSSR count). The zero-order chi connectivity index (χ0) is 16.8. The van der Waals surface area contributed by atoms with Crippen LogP contribution in [0.1, 0.15) is 59.3 Å². The van der Waals surface area contributed by atoms with Gasteiger partial charge in [-0.25, -0.2) is 9.59 Å². The molecule has 22 heavy (non-hydrogen) atoms. The third-order valence-corrected chi connectivity index (χ3v) is 3.19. The van der Waals surface area contributed by atoms with E-state index in [1.165, 1.54) is 0 Å². The van der Waals surface area contributed by atoms with Crippen LogP contribution in [0.15, 0.2) is 0 Å². The van der Waals surface area contributed by atoms with Crippen molar-refractivity contribution in [3.05, 3.63) is 0 Å². The number of amides is 1. The van der Waals surface area contributed by atoms with Gasteiger partial charge in [0.25, 0.3) is 0 Å². The molecule has 0 unspecified atom stereocenters. The Morgan fingerprint density at radius 2 is 1.77 bits per heavy atom. The molecule has 1 fully saturated rings. The van der Waals surface area contributed by atoms with E-state index in [1.807, 2.05) is 0 Å². The molecule has 126 valence electrons. The summed E-state index contributed by atoms with van der Waals surface area (Å²) in [5.74, 6) is -1.91. The molecule has 0 bridgehead atoms. The molecular weight excluding hydrogens is 290 g/mol. The number of carbonyl (C=O) groups is 3. The van der Waals surface area contributed by atoms with Gasteiger partial charge in [0.1, 0.15) is 17.7 Å². The summed E-state index contributed by atoms with van der Waals surface area (Å²) >= 11 is 0. The molecule has 0 aromatic carbocycles. The van der Waals surface area contributed by atoms with Crippen LogP contribution in [0, 0.1) is 0 Å². The minimum absolute atomic E-state index is 0.196. The molecule has 0 heterocycles. The molecule has 7 heteroatoms. The standard InChI is InChI=1S/C15H25NO6/c1-15(2,3)22-14(20)16-11(9-12(17)18)13(19)21-10-7-5-4-6-8-10/h10-11H,4-9H2,1-3H3,(H,16,20)(H,17,18)/t11-/m1/s1. The summed E-state index contributed by atoms with van der Waals surface area (Å²) in [4.78, 5) is 34.7. The van der Waals surface area contributed by atoms with Crippen LogP contribution in [-0.4, -0.2) is 40.9 Å². The topological polar surface area (TPSA) is 102 Å². The van der Waals surface area contributed by atoms with Crippen molar-refractivity contribution in [2.24, 2.45) is 0 Å². The van der Waals surface area contributed by atoms with Gasteiger partial charge < -0.3 is 19.9 Å². The Bertz CT molecular complexity index is 409. The Balaban J connectivity index is 2.59. The predicted octanol–water partition coefficient (Wildman–Crippen LogP) is 2.23. The maximum Gasteiger partial charge on any atom is 0.408 e. The van der Waals surface area contributed by atoms with E-state index in [0.29, 0.717) is 0 Å². The third-order valence-electron chi connectivity index (χ3n) is 3.19. The number of nitrogens with one attached hydrogen (secondary N) is 1. The predicted molar refractivity (Wildman–Crippen MR) is 78.4 cm³/mol. The fraction of sp³-hybridized carbons (Fsp3) is 0.800. The van der Waals surface area contributed by atoms with Crippen molar-refractivity contribution in [2.75, 3.05) is 0 Å². The Labute approximate surface area is 130 Å². The SMILES string of the molecule is CC(C)(C)OC(=O)N[C@H](CC(=O)O)C(=O)OC1CCCCC1. The number of ether oxygens (including phenoxy) is 2. The van der Waals surface area contributed by atoms with Gasteiger partial charge in [-0.15, -0.1) is 0 Å². The molecule has 1 saturated carbocycles. The average molecular weight is 315 g/mol. The van der Waals surface area contributed by atoms with Gasteiger partial charge in [0, 0.05) is 0 Å². The summed E-state index contributed by atoms with van der Waals surface area (Å²) in [6.45, 7) is 5.04. The van der Waals surface area contributed by atoms with Gasteiger partial charge in [0.05, 0.1) is 6.42 Å². The van der Waals surface area contributed by atoms with Crippen LogP contribution in [-0.2, 0) is 19.1 Å². The zero-order valence-corrected chi connectivity index (χ0v) is 13.4. The van der Waals surface area contributed by atoms with E-state index in [-0.39, 0.29) is 6.10 Å². The lowest BCUT2D eigenvalue weighted by Gasteiger charge is -2.25. The summed E-state index contributed by atoms with van der Waals surface area (Å²) in [5, 5.41) is 11.2. The van der Waals surface area contributed by atoms with E-state index in [0.717, 1.165) is 32.1 Å². The summed E-state index contributed by atoms with van der Waals surface area (Å²) in [5.41, 5.74) is -0.731. The molecule has 0 spiro atoms. The van der Waals surface area contributed by atoms with Crippen LogP contribution < -0.4 is 5.32 Å². The number of rotatable bonds is 5. The maximum atomic E-state index is 12.1. The van der Waals surface area contributed by atoms with Crippen LogP contribution in [0.25, 0.3) is 0 Å². The molecule has 0 aromatic heterocycles. The Morgan fingerprint density at radius 1 is 1.18 bits per heavy atom. The van der Waals surface area contributed by atoms with Crippen molar-refractivity contribution in [2.45, 2.75) is 77.0 Å². The van der Waals surface area contributed by atoms with Gasteiger partial charge in [-0.1, -0.05) is 6.42 Å². The first-order valence-electron chi connectivity index (χ1n) is 7.59. The van der Waals surface area contributed by atoms with Crippen LogP contribution in [0.2, 0.25) is 0 Å². The highest BCUT2D eigenvalue weighted by atomic mass is 16.6. The smallest absolute Gasteiger partial charge is 0.408 e. The second-order valence-electron chi connectivity index (χ2n) is 6.49. The number of carboxylic acids is 1. The molecule has 0 radical (unpaired) electrons. The van der Waals surface area contributed by atoms with Gasteiger partial charge in [-0.3, -0.25) is 4.79 Å². The third kappa shape index (κ3) is 7.28. The quantitative estimate of drug-likeness (QED) is 0.754. The van der Waals surface area contributed by atoms with Crippen molar-refractivity contribution in [1.82, 2.24) is 5.32 Å². The van der Waals surface area contributed by atoms with Gasteiger partial charge >= 0.3 is 18.0 Å². The lowest BCUT2D eigenvalue weighted by molar-refractivity contribution is -0.156. The second kappa shape index (κ2) is 8.00. The minimum atomic E-state index is -1.24. The first-order valence-corrected chi connectivity index (χ1v) is 7.59. The minimum Gasteiger partial charge on any atom is -0.481 e. The highest BCUT2D eigenvalue weighted by Gasteiger charge is 2.29. The van der Waals surface area contributed by atoms with Crippen molar-refractivity contribution in [1.29, 1.82) is 0 Å².